The van der Waals surface area contributed by atoms with Gasteiger partial charge in [0.25, 0.3) is 5.91 Å². The van der Waals surface area contributed by atoms with Gasteiger partial charge < -0.3 is 21.1 Å². The molecule has 6 nitrogen and oxygen atoms in total. The molecule has 1 aromatic carbocycles. The molecule has 22 heavy (non-hydrogen) atoms. The highest BCUT2D eigenvalue weighted by Gasteiger charge is 2.29. The molecule has 4 N–H and O–H groups in total. The van der Waals surface area contributed by atoms with Gasteiger partial charge in [-0.3, -0.25) is 9.59 Å². The summed E-state index contributed by atoms with van der Waals surface area (Å²) in [6, 6.07) is 7.08. The summed E-state index contributed by atoms with van der Waals surface area (Å²) < 4.78 is 6.42. The first-order chi connectivity index (χ1) is 10.6. The van der Waals surface area contributed by atoms with Gasteiger partial charge >= 0.3 is 0 Å². The molecule has 1 saturated heterocycles. The zero-order valence-corrected chi connectivity index (χ0v) is 13.8. The van der Waals surface area contributed by atoms with Gasteiger partial charge in [0, 0.05) is 29.7 Å². The zero-order valence-electron chi connectivity index (χ0n) is 12.2. The Kier molecular flexibility index (Phi) is 6.35. The number of rotatable bonds is 6. The minimum Gasteiger partial charge on any atom is -0.364 e. The normalized spacial score (nSPS) is 20.6. The molecule has 0 aliphatic carbocycles. The summed E-state index contributed by atoms with van der Waals surface area (Å²) >= 11 is 3.32. The maximum absolute atomic E-state index is 11.9. The Labute approximate surface area is 137 Å². The zero-order chi connectivity index (χ0) is 15.9. The van der Waals surface area contributed by atoms with Crippen molar-refractivity contribution in [1.82, 2.24) is 10.6 Å². The summed E-state index contributed by atoms with van der Waals surface area (Å²) in [5.41, 5.74) is 6.09. The molecule has 2 rings (SSSR count). The summed E-state index contributed by atoms with van der Waals surface area (Å²) in [4.78, 5) is 23.7. The Bertz CT molecular complexity index is 521. The van der Waals surface area contributed by atoms with E-state index >= 15 is 0 Å². The number of halogens is 1. The van der Waals surface area contributed by atoms with Crippen molar-refractivity contribution in [2.24, 2.45) is 5.73 Å². The highest BCUT2D eigenvalue weighted by Crippen LogP contribution is 2.18. The Hall–Kier alpha value is -1.44. The average molecular weight is 370 g/mol. The van der Waals surface area contributed by atoms with E-state index in [4.69, 9.17) is 10.5 Å². The molecule has 2 atom stereocenters. The van der Waals surface area contributed by atoms with E-state index in [0.29, 0.717) is 31.6 Å². The third-order valence-corrected chi connectivity index (χ3v) is 4.01. The molecule has 0 spiro atoms. The third-order valence-electron chi connectivity index (χ3n) is 3.48. The largest absolute Gasteiger partial charge is 0.364 e. The lowest BCUT2D eigenvalue weighted by Gasteiger charge is -2.13. The van der Waals surface area contributed by atoms with Gasteiger partial charge in [0.05, 0.1) is 6.10 Å². The number of ether oxygens (including phenoxy) is 1. The van der Waals surface area contributed by atoms with Gasteiger partial charge in [0.2, 0.25) is 5.91 Å². The van der Waals surface area contributed by atoms with Crippen LogP contribution in [0.1, 0.15) is 23.2 Å². The van der Waals surface area contributed by atoms with E-state index in [1.54, 1.807) is 12.1 Å². The monoisotopic (exact) mass is 369 g/mol. The molecule has 0 unspecified atom stereocenters. The maximum Gasteiger partial charge on any atom is 0.251 e. The fourth-order valence-corrected chi connectivity index (χ4v) is 2.52. The predicted molar refractivity (Wildman–Crippen MR) is 86.4 cm³/mol. The number of hydrogen-bond acceptors (Lipinski definition) is 4. The summed E-state index contributed by atoms with van der Waals surface area (Å²) in [6.07, 6.45) is 1.07. The van der Waals surface area contributed by atoms with Gasteiger partial charge in [-0.05, 0) is 37.1 Å². The van der Waals surface area contributed by atoms with E-state index in [0.717, 1.165) is 10.9 Å². The Morgan fingerprint density at radius 1 is 1.18 bits per heavy atom. The van der Waals surface area contributed by atoms with Crippen LogP contribution in [0.15, 0.2) is 28.7 Å². The van der Waals surface area contributed by atoms with Crippen LogP contribution in [-0.2, 0) is 9.53 Å². The van der Waals surface area contributed by atoms with E-state index in [1.807, 2.05) is 12.1 Å². The molecule has 0 radical (unpaired) electrons. The Morgan fingerprint density at radius 3 is 2.50 bits per heavy atom. The average Bonchev–Trinajstić information content (AvgIpc) is 3.01. The summed E-state index contributed by atoms with van der Waals surface area (Å²) in [7, 11) is 0. The second kappa shape index (κ2) is 8.26. The van der Waals surface area contributed by atoms with Crippen molar-refractivity contribution in [2.45, 2.75) is 25.0 Å². The second-order valence-corrected chi connectivity index (χ2v) is 6.03. The number of carbonyl (C=O) groups is 2. The van der Waals surface area contributed by atoms with Gasteiger partial charge in [0.15, 0.2) is 0 Å². The van der Waals surface area contributed by atoms with Crippen LogP contribution >= 0.6 is 15.9 Å². The highest BCUT2D eigenvalue weighted by molar-refractivity contribution is 9.10. The molecule has 2 amide bonds. The van der Waals surface area contributed by atoms with Crippen molar-refractivity contribution in [3.63, 3.8) is 0 Å². The lowest BCUT2D eigenvalue weighted by atomic mass is 10.2. The first-order valence-corrected chi connectivity index (χ1v) is 8.06. The first kappa shape index (κ1) is 16.9. The molecular formula is C15H20BrN3O3. The minimum atomic E-state index is -0.421. The number of hydrogen-bond donors (Lipinski definition) is 3. The Morgan fingerprint density at radius 2 is 1.86 bits per heavy atom. The quantitative estimate of drug-likeness (QED) is 0.646. The van der Waals surface area contributed by atoms with Gasteiger partial charge in [-0.1, -0.05) is 15.9 Å². The second-order valence-electron chi connectivity index (χ2n) is 5.11. The van der Waals surface area contributed by atoms with Crippen LogP contribution < -0.4 is 16.4 Å². The standard InChI is InChI=1S/C15H20BrN3O3/c16-11-3-1-10(2-4-11)14(20)18-7-8-19-15(21)13-6-5-12(9-17)22-13/h1-4,12-13H,5-9,17H2,(H,18,20)(H,19,21)/t12-,13+/m1/s1. The van der Waals surface area contributed by atoms with Gasteiger partial charge in [-0.25, -0.2) is 0 Å². The van der Waals surface area contributed by atoms with E-state index in [1.165, 1.54) is 0 Å². The van der Waals surface area contributed by atoms with E-state index in [9.17, 15) is 9.59 Å². The highest BCUT2D eigenvalue weighted by atomic mass is 79.9. The van der Waals surface area contributed by atoms with Crippen LogP contribution in [0.3, 0.4) is 0 Å². The van der Waals surface area contributed by atoms with Crippen molar-refractivity contribution in [1.29, 1.82) is 0 Å². The smallest absolute Gasteiger partial charge is 0.251 e. The Balaban J connectivity index is 1.65. The summed E-state index contributed by atoms with van der Waals surface area (Å²) in [5, 5.41) is 5.51. The van der Waals surface area contributed by atoms with Crippen LogP contribution in [0.4, 0.5) is 0 Å². The molecular weight excluding hydrogens is 350 g/mol. The number of nitrogens with one attached hydrogen (secondary N) is 2. The van der Waals surface area contributed by atoms with Gasteiger partial charge in [-0.15, -0.1) is 0 Å². The molecule has 0 bridgehead atoms. The summed E-state index contributed by atoms with van der Waals surface area (Å²) in [6.45, 7) is 1.18. The van der Waals surface area contributed by atoms with E-state index < -0.39 is 6.10 Å². The minimum absolute atomic E-state index is 0.0205. The number of nitrogens with two attached hydrogens (primary N) is 1. The molecule has 1 fully saturated rings. The van der Waals surface area contributed by atoms with Crippen LogP contribution in [0.2, 0.25) is 0 Å². The van der Waals surface area contributed by atoms with Crippen molar-refractivity contribution >= 4 is 27.7 Å². The SMILES string of the molecule is NC[C@H]1CC[C@@H](C(=O)NCCNC(=O)c2ccc(Br)cc2)O1. The molecule has 1 aliphatic rings. The maximum atomic E-state index is 11.9. The van der Waals surface area contributed by atoms with Crippen molar-refractivity contribution in [2.75, 3.05) is 19.6 Å². The van der Waals surface area contributed by atoms with Crippen LogP contribution in [0, 0.1) is 0 Å². The number of benzene rings is 1. The summed E-state index contributed by atoms with van der Waals surface area (Å²) in [5.74, 6) is -0.309. The lowest BCUT2D eigenvalue weighted by molar-refractivity contribution is -0.131. The van der Waals surface area contributed by atoms with Crippen molar-refractivity contribution in [3.05, 3.63) is 34.3 Å². The van der Waals surface area contributed by atoms with Crippen molar-refractivity contribution < 1.29 is 14.3 Å². The van der Waals surface area contributed by atoms with E-state index in [2.05, 4.69) is 26.6 Å². The van der Waals surface area contributed by atoms with Crippen molar-refractivity contribution in [3.8, 4) is 0 Å². The van der Waals surface area contributed by atoms with Crippen LogP contribution in [-0.4, -0.2) is 43.7 Å². The molecule has 1 aliphatic heterocycles. The molecule has 0 saturated carbocycles. The first-order valence-electron chi connectivity index (χ1n) is 7.27. The number of carbonyl (C=O) groups excluding carboxylic acids is 2. The van der Waals surface area contributed by atoms with Gasteiger partial charge in [0.1, 0.15) is 6.10 Å². The van der Waals surface area contributed by atoms with Gasteiger partial charge in [-0.2, -0.15) is 0 Å². The fraction of sp³-hybridized carbons (Fsp3) is 0.467. The van der Waals surface area contributed by atoms with E-state index in [-0.39, 0.29) is 17.9 Å². The molecule has 1 aromatic rings. The topological polar surface area (TPSA) is 93.5 Å². The van der Waals surface area contributed by atoms with Crippen LogP contribution in [0.25, 0.3) is 0 Å². The van der Waals surface area contributed by atoms with Crippen LogP contribution in [0.5, 0.6) is 0 Å². The molecule has 1 heterocycles. The lowest BCUT2D eigenvalue weighted by Crippen LogP contribution is -2.40. The fourth-order valence-electron chi connectivity index (χ4n) is 2.25. The predicted octanol–water partition coefficient (Wildman–Crippen LogP) is 0.801. The molecule has 120 valence electrons. The number of amides is 2. The third kappa shape index (κ3) is 4.79. The molecule has 0 aromatic heterocycles. The molecule has 7 heteroatoms.